The van der Waals surface area contributed by atoms with Crippen molar-refractivity contribution in [3.8, 4) is 69.0 Å². The minimum Gasteiger partial charge on any atom is -0.493 e. The molecule has 6 aromatic heterocycles. The highest BCUT2D eigenvalue weighted by Gasteiger charge is 2.26. The molecule has 6 aromatic carbocycles. The summed E-state index contributed by atoms with van der Waals surface area (Å²) < 4.78 is 73.5. The van der Waals surface area contributed by atoms with E-state index in [2.05, 4.69) is 103 Å². The van der Waals surface area contributed by atoms with Gasteiger partial charge in [-0.05, 0) is 284 Å². The Morgan fingerprint density at radius 2 is 0.304 bits per heavy atom. The van der Waals surface area contributed by atoms with E-state index in [1.54, 1.807) is 117 Å². The summed E-state index contributed by atoms with van der Waals surface area (Å²) in [5.41, 5.74) is 19.6. The quantitative estimate of drug-likeness (QED) is 0.0555. The molecule has 0 aliphatic heterocycles. The molecular formula is C84H78N6O12. The van der Waals surface area contributed by atoms with Crippen molar-refractivity contribution in [3.63, 3.8) is 0 Å². The van der Waals surface area contributed by atoms with Gasteiger partial charge in [0, 0.05) is 74.4 Å². The van der Waals surface area contributed by atoms with Gasteiger partial charge in [-0.3, -0.25) is 29.9 Å². The van der Waals surface area contributed by atoms with Crippen LogP contribution in [0.1, 0.15) is 100 Å². The average molecular weight is 1360 g/mol. The Morgan fingerprint density at radius 1 is 0.186 bits per heavy atom. The van der Waals surface area contributed by atoms with Crippen molar-refractivity contribution in [1.29, 1.82) is 0 Å². The fraction of sp³-hybridized carbons (Fsp3) is 0.214. The monoisotopic (exact) mass is 1360 g/mol. The van der Waals surface area contributed by atoms with Crippen LogP contribution in [0.15, 0.2) is 220 Å². The number of hydrogen-bond donors (Lipinski definition) is 0. The van der Waals surface area contributed by atoms with Crippen molar-refractivity contribution in [2.75, 3.05) is 42.7 Å². The molecule has 0 fully saturated rings. The van der Waals surface area contributed by atoms with E-state index in [0.29, 0.717) is 147 Å². The molecule has 6 heterocycles. The van der Waals surface area contributed by atoms with E-state index in [1.807, 2.05) is 72.8 Å². The van der Waals surface area contributed by atoms with E-state index in [0.717, 1.165) is 100 Å². The van der Waals surface area contributed by atoms with Crippen LogP contribution in [0.3, 0.4) is 0 Å². The third-order valence-corrected chi connectivity index (χ3v) is 18.1. The van der Waals surface area contributed by atoms with Crippen LogP contribution in [0, 0.1) is 0 Å². The maximum Gasteiger partial charge on any atom is 0.161 e. The Balaban J connectivity index is 0.000000182. The lowest BCUT2D eigenvalue weighted by atomic mass is 9.94. The third kappa shape index (κ3) is 16.9. The molecular weight excluding hydrogens is 1280 g/mol. The molecule has 12 aromatic rings. The van der Waals surface area contributed by atoms with Crippen LogP contribution in [0.5, 0.6) is 69.0 Å². The standard InChI is InChI=1S/2C42H39N3O6/c2*1-46-37-19-31-16-35-23-41(50-26-29-6-12-44-13-7-29)39(48-3)21-33(35)18-36-24-42(51-27-30-8-14-45-15-9-30)38(47-2)20-32(36)17-34(31)22-40(37)49-25-28-4-10-43-11-5-28/h2*4-15,19-24H,16-18,25-27H2,1-3H3. The Morgan fingerprint density at radius 3 is 0.422 bits per heavy atom. The van der Waals surface area contributed by atoms with Gasteiger partial charge in [-0.25, -0.2) is 0 Å². The second-order valence-corrected chi connectivity index (χ2v) is 24.6. The Labute approximate surface area is 593 Å². The lowest BCUT2D eigenvalue weighted by Gasteiger charge is -2.18. The first-order valence-electron chi connectivity index (χ1n) is 33.5. The molecule has 102 heavy (non-hydrogen) atoms. The smallest absolute Gasteiger partial charge is 0.161 e. The summed E-state index contributed by atoms with van der Waals surface area (Å²) in [6.07, 6.45) is 25.1. The topological polar surface area (TPSA) is 188 Å². The van der Waals surface area contributed by atoms with Crippen LogP contribution in [0.25, 0.3) is 0 Å². The highest BCUT2D eigenvalue weighted by Crippen LogP contribution is 2.44. The van der Waals surface area contributed by atoms with Crippen LogP contribution in [-0.4, -0.2) is 72.6 Å². The minimum absolute atomic E-state index is 0.390. The first-order chi connectivity index (χ1) is 50.2. The van der Waals surface area contributed by atoms with Crippen molar-refractivity contribution in [2.45, 2.75) is 78.2 Å². The molecule has 0 bridgehead atoms. The van der Waals surface area contributed by atoms with Crippen LogP contribution in [0.4, 0.5) is 0 Å². The summed E-state index contributed by atoms with van der Waals surface area (Å²) in [6, 6.07) is 48.5. The summed E-state index contributed by atoms with van der Waals surface area (Å²) in [6.45, 7) is 2.34. The van der Waals surface area contributed by atoms with E-state index in [4.69, 9.17) is 56.8 Å². The average Bonchev–Trinajstić information content (AvgIpc) is 1.53. The third-order valence-electron chi connectivity index (χ3n) is 18.1. The van der Waals surface area contributed by atoms with Gasteiger partial charge in [0.05, 0.1) is 42.7 Å². The number of pyridine rings is 6. The molecule has 0 saturated heterocycles. The first kappa shape index (κ1) is 68.3. The van der Waals surface area contributed by atoms with Gasteiger partial charge >= 0.3 is 0 Å². The lowest BCUT2D eigenvalue weighted by molar-refractivity contribution is 0.283. The zero-order valence-corrected chi connectivity index (χ0v) is 57.9. The summed E-state index contributed by atoms with van der Waals surface area (Å²) in [5, 5.41) is 0. The predicted octanol–water partition coefficient (Wildman–Crippen LogP) is 15.4. The number of hydrogen-bond acceptors (Lipinski definition) is 18. The van der Waals surface area contributed by atoms with Crippen molar-refractivity contribution in [1.82, 2.24) is 29.9 Å². The fourth-order valence-electron chi connectivity index (χ4n) is 12.5. The zero-order valence-electron chi connectivity index (χ0n) is 57.9. The summed E-state index contributed by atoms with van der Waals surface area (Å²) in [4.78, 5) is 24.8. The molecule has 0 saturated carbocycles. The SMILES string of the molecule is COc1cc2c(cc1OCc1ccncc1)Cc1cc(OC)c(OCc3ccncc3)cc1Cc1cc(OC)c(OCc3ccncc3)cc1C2.COc1cc2c(cc1OCc1ccncc1)Cc1cc(OC)c(OCc3ccncc3)cc1Cc1cc(OC)c(OCc3ccncc3)cc1C2. The molecule has 18 nitrogen and oxygen atoms in total. The minimum atomic E-state index is 0.390. The number of benzene rings is 6. The van der Waals surface area contributed by atoms with Gasteiger partial charge in [0.1, 0.15) is 39.6 Å². The van der Waals surface area contributed by atoms with Crippen LogP contribution in [0.2, 0.25) is 0 Å². The van der Waals surface area contributed by atoms with Crippen LogP contribution in [-0.2, 0) is 78.2 Å². The Kier molecular flexibility index (Phi) is 22.2. The number of rotatable bonds is 24. The van der Waals surface area contributed by atoms with Gasteiger partial charge in [-0.2, -0.15) is 0 Å². The van der Waals surface area contributed by atoms with Gasteiger partial charge in [-0.1, -0.05) is 0 Å². The second-order valence-electron chi connectivity index (χ2n) is 24.6. The van der Waals surface area contributed by atoms with Crippen LogP contribution >= 0.6 is 0 Å². The van der Waals surface area contributed by atoms with Crippen molar-refractivity contribution in [2.24, 2.45) is 0 Å². The molecule has 0 unspecified atom stereocenters. The fourth-order valence-corrected chi connectivity index (χ4v) is 12.5. The summed E-state index contributed by atoms with van der Waals surface area (Å²) in [5.74, 6) is 8.07. The summed E-state index contributed by atoms with van der Waals surface area (Å²) >= 11 is 0. The highest BCUT2D eigenvalue weighted by molar-refractivity contribution is 5.61. The molecule has 516 valence electrons. The zero-order chi connectivity index (χ0) is 70.0. The highest BCUT2D eigenvalue weighted by atomic mass is 16.5. The molecule has 18 heteroatoms. The molecule has 2 aliphatic rings. The van der Waals surface area contributed by atoms with Gasteiger partial charge in [0.25, 0.3) is 0 Å². The lowest BCUT2D eigenvalue weighted by Crippen LogP contribution is -2.04. The van der Waals surface area contributed by atoms with Crippen LogP contribution < -0.4 is 56.8 Å². The number of ether oxygens (including phenoxy) is 12. The Bertz CT molecular complexity index is 4010. The molecule has 0 atom stereocenters. The van der Waals surface area contributed by atoms with Gasteiger partial charge < -0.3 is 56.8 Å². The van der Waals surface area contributed by atoms with Gasteiger partial charge in [0.2, 0.25) is 0 Å². The van der Waals surface area contributed by atoms with Crippen molar-refractivity contribution < 1.29 is 56.8 Å². The van der Waals surface area contributed by atoms with E-state index < -0.39 is 0 Å². The molecule has 14 rings (SSSR count). The predicted molar refractivity (Wildman–Crippen MR) is 386 cm³/mol. The largest absolute Gasteiger partial charge is 0.493 e. The van der Waals surface area contributed by atoms with Crippen molar-refractivity contribution in [3.05, 3.63) is 320 Å². The van der Waals surface area contributed by atoms with E-state index in [1.165, 1.54) is 0 Å². The number of aromatic nitrogens is 6. The maximum absolute atomic E-state index is 6.36. The molecule has 2 aliphatic carbocycles. The van der Waals surface area contributed by atoms with Crippen molar-refractivity contribution >= 4 is 0 Å². The molecule has 0 spiro atoms. The normalized spacial score (nSPS) is 11.8. The van der Waals surface area contributed by atoms with E-state index in [-0.39, 0.29) is 0 Å². The molecule has 0 amide bonds. The van der Waals surface area contributed by atoms with Gasteiger partial charge in [0.15, 0.2) is 69.0 Å². The number of nitrogens with zero attached hydrogens (tertiary/aromatic N) is 6. The molecule has 0 N–H and O–H groups in total. The number of fused-ring (bicyclic) bond motifs is 6. The number of methoxy groups -OCH3 is 6. The molecule has 0 radical (unpaired) electrons. The van der Waals surface area contributed by atoms with E-state index in [9.17, 15) is 0 Å². The summed E-state index contributed by atoms with van der Waals surface area (Å²) in [7, 11) is 10.0. The van der Waals surface area contributed by atoms with Gasteiger partial charge in [-0.15, -0.1) is 0 Å². The second kappa shape index (κ2) is 33.1. The Hall–Kier alpha value is -12.2. The van der Waals surface area contributed by atoms with E-state index >= 15 is 0 Å². The first-order valence-corrected chi connectivity index (χ1v) is 33.5. The maximum atomic E-state index is 6.36.